The van der Waals surface area contributed by atoms with Crippen LogP contribution in [0.4, 0.5) is 0 Å². The minimum Gasteiger partial charge on any atom is -0.324 e. The summed E-state index contributed by atoms with van der Waals surface area (Å²) in [6, 6.07) is 7.91. The van der Waals surface area contributed by atoms with E-state index in [1.807, 2.05) is 24.3 Å². The predicted molar refractivity (Wildman–Crippen MR) is 75.0 cm³/mol. The summed E-state index contributed by atoms with van der Waals surface area (Å²) in [5.74, 6) is 0.213. The zero-order valence-corrected chi connectivity index (χ0v) is 12.2. The first kappa shape index (κ1) is 13.9. The van der Waals surface area contributed by atoms with Gasteiger partial charge in [-0.2, -0.15) is 0 Å². The third-order valence-electron chi connectivity index (χ3n) is 2.31. The Hall–Kier alpha value is -0.140. The average Bonchev–Trinajstić information content (AvgIpc) is 2.15. The molecule has 0 spiro atoms. The van der Waals surface area contributed by atoms with Crippen LogP contribution in [0.25, 0.3) is 0 Å². The van der Waals surface area contributed by atoms with Crippen molar-refractivity contribution >= 4 is 32.4 Å². The number of sulfone groups is 1. The van der Waals surface area contributed by atoms with Gasteiger partial charge in [-0.15, -0.1) is 0 Å². The van der Waals surface area contributed by atoms with E-state index in [0.29, 0.717) is 12.8 Å². The fraction of sp³-hybridized carbons (Fsp3) is 0.455. The summed E-state index contributed by atoms with van der Waals surface area (Å²) in [4.78, 5) is 0. The molecule has 0 aromatic heterocycles. The quantitative estimate of drug-likeness (QED) is 0.825. The molecule has 0 bridgehead atoms. The Labute approximate surface area is 110 Å². The maximum Gasteiger partial charge on any atom is 0.147 e. The zero-order chi connectivity index (χ0) is 12.2. The summed E-state index contributed by atoms with van der Waals surface area (Å²) in [5.41, 5.74) is 7.06. The van der Waals surface area contributed by atoms with Gasteiger partial charge in [-0.05, 0) is 53.1 Å². The van der Waals surface area contributed by atoms with Gasteiger partial charge in [-0.3, -0.25) is 0 Å². The van der Waals surface area contributed by atoms with Crippen LogP contribution < -0.4 is 5.73 Å². The molecule has 1 atom stereocenters. The molecule has 1 rings (SSSR count). The van der Waals surface area contributed by atoms with Crippen LogP contribution in [0.5, 0.6) is 0 Å². The molecule has 1 aromatic rings. The Morgan fingerprint density at radius 3 is 2.69 bits per heavy atom. The number of hydrogen-bond acceptors (Lipinski definition) is 3. The highest BCUT2D eigenvalue weighted by Crippen LogP contribution is 2.18. The molecule has 1 unspecified atom stereocenters. The standard InChI is InChI=1S/C11H16INO2S/c1-16(14,15)7-3-6-11(13)9-4-2-5-10(12)8-9/h2,4-5,8,11H,3,6-7,13H2,1H3. The topological polar surface area (TPSA) is 60.2 Å². The first-order chi connectivity index (χ1) is 7.38. The third-order valence-corrected chi connectivity index (χ3v) is 4.01. The molecule has 0 aliphatic carbocycles. The van der Waals surface area contributed by atoms with Crippen molar-refractivity contribution in [2.45, 2.75) is 18.9 Å². The van der Waals surface area contributed by atoms with Crippen molar-refractivity contribution in [3.63, 3.8) is 0 Å². The molecule has 90 valence electrons. The molecule has 0 aliphatic rings. The van der Waals surface area contributed by atoms with Gasteiger partial charge >= 0.3 is 0 Å². The molecule has 0 aliphatic heterocycles. The smallest absolute Gasteiger partial charge is 0.147 e. The second-order valence-corrected chi connectivity index (χ2v) is 7.44. The van der Waals surface area contributed by atoms with Crippen LogP contribution in [0.2, 0.25) is 0 Å². The largest absolute Gasteiger partial charge is 0.324 e. The molecule has 5 heteroatoms. The Bertz CT molecular complexity index is 445. The summed E-state index contributed by atoms with van der Waals surface area (Å²) in [6.07, 6.45) is 2.57. The zero-order valence-electron chi connectivity index (χ0n) is 9.19. The first-order valence-electron chi connectivity index (χ1n) is 5.07. The van der Waals surface area contributed by atoms with E-state index >= 15 is 0 Å². The Balaban J connectivity index is 2.50. The summed E-state index contributed by atoms with van der Waals surface area (Å²) < 4.78 is 23.1. The van der Waals surface area contributed by atoms with Gasteiger partial charge in [0.05, 0.1) is 0 Å². The fourth-order valence-electron chi connectivity index (χ4n) is 1.47. The van der Waals surface area contributed by atoms with Crippen molar-refractivity contribution in [3.05, 3.63) is 33.4 Å². The van der Waals surface area contributed by atoms with Crippen molar-refractivity contribution in [2.24, 2.45) is 5.73 Å². The lowest BCUT2D eigenvalue weighted by molar-refractivity contribution is 0.588. The molecular weight excluding hydrogens is 337 g/mol. The summed E-state index contributed by atoms with van der Waals surface area (Å²) in [7, 11) is -2.87. The van der Waals surface area contributed by atoms with Crippen LogP contribution in [0.3, 0.4) is 0 Å². The highest BCUT2D eigenvalue weighted by Gasteiger charge is 2.08. The third kappa shape index (κ3) is 5.27. The lowest BCUT2D eigenvalue weighted by Gasteiger charge is -2.11. The van der Waals surface area contributed by atoms with E-state index in [0.717, 1.165) is 9.13 Å². The Kier molecular flexibility index (Phi) is 5.20. The molecule has 0 fully saturated rings. The summed E-state index contributed by atoms with van der Waals surface area (Å²) in [6.45, 7) is 0. The van der Waals surface area contributed by atoms with Gasteiger partial charge < -0.3 is 5.73 Å². The van der Waals surface area contributed by atoms with E-state index in [1.165, 1.54) is 6.26 Å². The minimum atomic E-state index is -2.87. The first-order valence-corrected chi connectivity index (χ1v) is 8.21. The van der Waals surface area contributed by atoms with E-state index in [4.69, 9.17) is 5.73 Å². The SMILES string of the molecule is CS(=O)(=O)CCCC(N)c1cccc(I)c1. The van der Waals surface area contributed by atoms with Crippen molar-refractivity contribution < 1.29 is 8.42 Å². The van der Waals surface area contributed by atoms with Crippen molar-refractivity contribution in [2.75, 3.05) is 12.0 Å². The van der Waals surface area contributed by atoms with E-state index < -0.39 is 9.84 Å². The molecule has 1 aromatic carbocycles. The molecule has 16 heavy (non-hydrogen) atoms. The van der Waals surface area contributed by atoms with Gasteiger partial charge in [0, 0.05) is 21.6 Å². The van der Waals surface area contributed by atoms with Crippen LogP contribution in [-0.4, -0.2) is 20.4 Å². The molecule has 0 heterocycles. The maximum absolute atomic E-state index is 11.0. The lowest BCUT2D eigenvalue weighted by atomic mass is 10.0. The molecule has 0 saturated heterocycles. The highest BCUT2D eigenvalue weighted by molar-refractivity contribution is 14.1. The van der Waals surface area contributed by atoms with E-state index in [-0.39, 0.29) is 11.8 Å². The number of halogens is 1. The molecule has 0 amide bonds. The van der Waals surface area contributed by atoms with E-state index in [2.05, 4.69) is 22.6 Å². The molecule has 0 radical (unpaired) electrons. The summed E-state index contributed by atoms with van der Waals surface area (Å²) >= 11 is 2.24. The number of rotatable bonds is 5. The second kappa shape index (κ2) is 5.97. The van der Waals surface area contributed by atoms with Crippen LogP contribution >= 0.6 is 22.6 Å². The van der Waals surface area contributed by atoms with Crippen molar-refractivity contribution in [1.29, 1.82) is 0 Å². The van der Waals surface area contributed by atoms with Gasteiger partial charge in [0.2, 0.25) is 0 Å². The van der Waals surface area contributed by atoms with Gasteiger partial charge in [0.25, 0.3) is 0 Å². The molecule has 3 nitrogen and oxygen atoms in total. The fourth-order valence-corrected chi connectivity index (χ4v) is 2.73. The Morgan fingerprint density at radius 2 is 2.12 bits per heavy atom. The predicted octanol–water partition coefficient (Wildman–Crippen LogP) is 2.12. The van der Waals surface area contributed by atoms with Gasteiger partial charge in [-0.25, -0.2) is 8.42 Å². The Morgan fingerprint density at radius 1 is 1.44 bits per heavy atom. The molecule has 0 saturated carbocycles. The van der Waals surface area contributed by atoms with Crippen LogP contribution in [-0.2, 0) is 9.84 Å². The van der Waals surface area contributed by atoms with Crippen molar-refractivity contribution in [1.82, 2.24) is 0 Å². The number of benzene rings is 1. The van der Waals surface area contributed by atoms with E-state index in [1.54, 1.807) is 0 Å². The van der Waals surface area contributed by atoms with Gasteiger partial charge in [0.15, 0.2) is 0 Å². The average molecular weight is 353 g/mol. The highest BCUT2D eigenvalue weighted by atomic mass is 127. The lowest BCUT2D eigenvalue weighted by Crippen LogP contribution is -2.12. The minimum absolute atomic E-state index is 0.0727. The van der Waals surface area contributed by atoms with Crippen LogP contribution in [0.15, 0.2) is 24.3 Å². The maximum atomic E-state index is 11.0. The second-order valence-electron chi connectivity index (χ2n) is 3.93. The van der Waals surface area contributed by atoms with Gasteiger partial charge in [0.1, 0.15) is 9.84 Å². The summed E-state index contributed by atoms with van der Waals surface area (Å²) in [5, 5.41) is 0. The number of hydrogen-bond donors (Lipinski definition) is 1. The number of nitrogens with two attached hydrogens (primary N) is 1. The molecular formula is C11H16INO2S. The van der Waals surface area contributed by atoms with Crippen molar-refractivity contribution in [3.8, 4) is 0 Å². The normalized spacial score (nSPS) is 13.7. The van der Waals surface area contributed by atoms with Crippen LogP contribution in [0.1, 0.15) is 24.4 Å². The monoisotopic (exact) mass is 353 g/mol. The molecule has 2 N–H and O–H groups in total. The van der Waals surface area contributed by atoms with Gasteiger partial charge in [-0.1, -0.05) is 12.1 Å². The van der Waals surface area contributed by atoms with Crippen LogP contribution in [0, 0.1) is 3.57 Å². The van der Waals surface area contributed by atoms with E-state index in [9.17, 15) is 8.42 Å².